The van der Waals surface area contributed by atoms with Gasteiger partial charge in [0.2, 0.25) is 5.88 Å². The van der Waals surface area contributed by atoms with Crippen LogP contribution in [0, 0.1) is 0 Å². The van der Waals surface area contributed by atoms with E-state index in [-0.39, 0.29) is 24.3 Å². The van der Waals surface area contributed by atoms with Gasteiger partial charge in [-0.05, 0) is 25.8 Å². The van der Waals surface area contributed by atoms with Crippen LogP contribution < -0.4 is 0 Å². The third kappa shape index (κ3) is 5.36. The molecule has 94 valence electrons. The first-order valence-corrected chi connectivity index (χ1v) is 5.06. The van der Waals surface area contributed by atoms with Crippen LogP contribution in [-0.4, -0.2) is 22.7 Å². The van der Waals surface area contributed by atoms with Gasteiger partial charge in [0, 0.05) is 17.3 Å². The molecule has 0 spiro atoms. The molecule has 0 amide bonds. The lowest BCUT2D eigenvalue weighted by Crippen LogP contribution is -2.06. The maximum atomic E-state index is 11.0. The molecule has 0 radical (unpaired) electrons. The second-order valence-corrected chi connectivity index (χ2v) is 3.51. The minimum absolute atomic E-state index is 0. The van der Waals surface area contributed by atoms with Crippen molar-refractivity contribution in [3.05, 3.63) is 36.0 Å². The molecule has 1 aromatic heterocycles. The van der Waals surface area contributed by atoms with Crippen molar-refractivity contribution >= 4 is 18.4 Å². The Balaban J connectivity index is 0.00000256. The van der Waals surface area contributed by atoms with Crippen molar-refractivity contribution in [1.82, 2.24) is 4.98 Å². The Labute approximate surface area is 107 Å². The Hall–Kier alpha value is -1.55. The third-order valence-corrected chi connectivity index (χ3v) is 2.04. The van der Waals surface area contributed by atoms with Crippen LogP contribution in [0.4, 0.5) is 0 Å². The Morgan fingerprint density at radius 3 is 2.88 bits per heavy atom. The lowest BCUT2D eigenvalue weighted by molar-refractivity contribution is -0.139. The van der Waals surface area contributed by atoms with Gasteiger partial charge in [-0.15, -0.1) is 12.4 Å². The fourth-order valence-corrected chi connectivity index (χ4v) is 1.18. The summed E-state index contributed by atoms with van der Waals surface area (Å²) in [6.45, 7) is 5.41. The molecule has 0 aromatic carbocycles. The van der Waals surface area contributed by atoms with Gasteiger partial charge in [0.25, 0.3) is 0 Å². The van der Waals surface area contributed by atoms with Crippen molar-refractivity contribution in [2.45, 2.75) is 19.8 Å². The number of aromatic hydroxyl groups is 1. The normalized spacial score (nSPS) is 9.24. The lowest BCUT2D eigenvalue weighted by atomic mass is 10.1. The predicted octanol–water partition coefficient (Wildman–Crippen LogP) is 2.26. The summed E-state index contributed by atoms with van der Waals surface area (Å²) < 4.78 is 4.92. The summed E-state index contributed by atoms with van der Waals surface area (Å²) in [6, 6.07) is 3.55. The highest BCUT2D eigenvalue weighted by molar-refractivity contribution is 5.86. The molecule has 17 heavy (non-hydrogen) atoms. The van der Waals surface area contributed by atoms with Crippen molar-refractivity contribution in [2.75, 3.05) is 6.61 Å². The number of nitrogens with zero attached hydrogens (tertiary/aromatic N) is 1. The average Bonchev–Trinajstić information content (AvgIpc) is 2.26. The van der Waals surface area contributed by atoms with E-state index in [1.807, 2.05) is 0 Å². The van der Waals surface area contributed by atoms with E-state index in [0.29, 0.717) is 25.0 Å². The van der Waals surface area contributed by atoms with Gasteiger partial charge in [-0.1, -0.05) is 12.6 Å². The fourth-order valence-electron chi connectivity index (χ4n) is 1.18. The minimum atomic E-state index is -0.379. The summed E-state index contributed by atoms with van der Waals surface area (Å²) in [5.74, 6) is -0.343. The highest BCUT2D eigenvalue weighted by Gasteiger charge is 2.04. The maximum Gasteiger partial charge on any atom is 0.333 e. The maximum absolute atomic E-state index is 11.0. The zero-order chi connectivity index (χ0) is 12.0. The van der Waals surface area contributed by atoms with E-state index >= 15 is 0 Å². The second kappa shape index (κ2) is 7.68. The summed E-state index contributed by atoms with van der Waals surface area (Å²) >= 11 is 0. The number of hydrogen-bond acceptors (Lipinski definition) is 4. The number of carbonyl (C=O) groups is 1. The SMILES string of the molecule is C=C(C)C(=O)OCCCc1cccnc1O.Cl. The molecule has 1 heterocycles. The van der Waals surface area contributed by atoms with Crippen LogP contribution in [-0.2, 0) is 16.0 Å². The zero-order valence-corrected chi connectivity index (χ0v) is 10.5. The van der Waals surface area contributed by atoms with Crippen molar-refractivity contribution in [2.24, 2.45) is 0 Å². The summed E-state index contributed by atoms with van der Waals surface area (Å²) in [4.78, 5) is 14.8. The van der Waals surface area contributed by atoms with Gasteiger partial charge in [0.15, 0.2) is 0 Å². The van der Waals surface area contributed by atoms with Crippen LogP contribution >= 0.6 is 12.4 Å². The monoisotopic (exact) mass is 257 g/mol. The number of ether oxygens (including phenoxy) is 1. The van der Waals surface area contributed by atoms with Crippen LogP contribution in [0.1, 0.15) is 18.9 Å². The number of esters is 1. The third-order valence-electron chi connectivity index (χ3n) is 2.04. The van der Waals surface area contributed by atoms with Crippen molar-refractivity contribution in [3.8, 4) is 5.88 Å². The topological polar surface area (TPSA) is 59.4 Å². The van der Waals surface area contributed by atoms with Crippen molar-refractivity contribution < 1.29 is 14.6 Å². The molecule has 0 saturated carbocycles. The first-order valence-electron chi connectivity index (χ1n) is 5.06. The Morgan fingerprint density at radius 2 is 2.29 bits per heavy atom. The summed E-state index contributed by atoms with van der Waals surface area (Å²) in [6.07, 6.45) is 2.81. The first-order chi connectivity index (χ1) is 7.61. The van der Waals surface area contributed by atoms with E-state index in [1.165, 1.54) is 6.20 Å². The molecular weight excluding hydrogens is 242 g/mol. The highest BCUT2D eigenvalue weighted by atomic mass is 35.5. The molecule has 0 aliphatic rings. The molecule has 0 unspecified atom stereocenters. The zero-order valence-electron chi connectivity index (χ0n) is 9.68. The van der Waals surface area contributed by atoms with E-state index in [9.17, 15) is 9.90 Å². The first kappa shape index (κ1) is 15.4. The Morgan fingerprint density at radius 1 is 1.59 bits per heavy atom. The molecule has 0 aliphatic heterocycles. The summed E-state index contributed by atoms with van der Waals surface area (Å²) in [7, 11) is 0. The van der Waals surface area contributed by atoms with Crippen LogP contribution in [0.2, 0.25) is 0 Å². The number of halogens is 1. The van der Waals surface area contributed by atoms with E-state index in [2.05, 4.69) is 11.6 Å². The molecule has 0 bridgehead atoms. The molecule has 5 heteroatoms. The Kier molecular flexibility index (Phi) is 6.98. The Bertz CT molecular complexity index is 393. The van der Waals surface area contributed by atoms with Crippen molar-refractivity contribution in [1.29, 1.82) is 0 Å². The number of carbonyl (C=O) groups excluding carboxylic acids is 1. The number of aromatic nitrogens is 1. The van der Waals surface area contributed by atoms with Gasteiger partial charge in [0.05, 0.1) is 6.61 Å². The number of aryl methyl sites for hydroxylation is 1. The van der Waals surface area contributed by atoms with E-state index in [1.54, 1.807) is 19.1 Å². The summed E-state index contributed by atoms with van der Waals surface area (Å²) in [5, 5.41) is 9.37. The van der Waals surface area contributed by atoms with Crippen LogP contribution in [0.5, 0.6) is 5.88 Å². The van der Waals surface area contributed by atoms with Gasteiger partial charge in [-0.2, -0.15) is 0 Å². The molecule has 0 saturated heterocycles. The van der Waals surface area contributed by atoms with Gasteiger partial charge in [-0.25, -0.2) is 9.78 Å². The van der Waals surface area contributed by atoms with Crippen LogP contribution in [0.15, 0.2) is 30.5 Å². The molecule has 0 aliphatic carbocycles. The van der Waals surface area contributed by atoms with Gasteiger partial charge in [-0.3, -0.25) is 0 Å². The van der Waals surface area contributed by atoms with Crippen LogP contribution in [0.3, 0.4) is 0 Å². The molecule has 1 rings (SSSR count). The van der Waals surface area contributed by atoms with E-state index < -0.39 is 0 Å². The fraction of sp³-hybridized carbons (Fsp3) is 0.333. The average molecular weight is 258 g/mol. The number of rotatable bonds is 5. The molecule has 4 nitrogen and oxygen atoms in total. The highest BCUT2D eigenvalue weighted by Crippen LogP contribution is 2.13. The van der Waals surface area contributed by atoms with E-state index in [0.717, 1.165) is 5.56 Å². The van der Waals surface area contributed by atoms with Gasteiger partial charge in [0.1, 0.15) is 0 Å². The van der Waals surface area contributed by atoms with Crippen LogP contribution in [0.25, 0.3) is 0 Å². The van der Waals surface area contributed by atoms with Gasteiger partial charge < -0.3 is 9.84 Å². The lowest BCUT2D eigenvalue weighted by Gasteiger charge is -2.05. The van der Waals surface area contributed by atoms with Gasteiger partial charge >= 0.3 is 5.97 Å². The molecule has 0 atom stereocenters. The van der Waals surface area contributed by atoms with Crippen molar-refractivity contribution in [3.63, 3.8) is 0 Å². The minimum Gasteiger partial charge on any atom is -0.493 e. The smallest absolute Gasteiger partial charge is 0.333 e. The molecule has 0 fully saturated rings. The molecule has 1 N–H and O–H groups in total. The summed E-state index contributed by atoms with van der Waals surface area (Å²) in [5.41, 5.74) is 1.15. The van der Waals surface area contributed by atoms with E-state index in [4.69, 9.17) is 4.74 Å². The largest absolute Gasteiger partial charge is 0.493 e. The second-order valence-electron chi connectivity index (χ2n) is 3.51. The number of pyridine rings is 1. The quantitative estimate of drug-likeness (QED) is 0.499. The predicted molar refractivity (Wildman–Crippen MR) is 67.2 cm³/mol. The number of hydrogen-bond donors (Lipinski definition) is 1. The molecule has 1 aromatic rings. The standard InChI is InChI=1S/C12H15NO3.ClH/c1-9(2)12(15)16-8-4-6-10-5-3-7-13-11(10)14;/h3,5,7H,1,4,6,8H2,2H3,(H,13,14);1H. The molecular formula is C12H16ClNO3.